The molecule has 152 valence electrons. The van der Waals surface area contributed by atoms with Crippen molar-refractivity contribution in [3.63, 3.8) is 0 Å². The van der Waals surface area contributed by atoms with Crippen molar-refractivity contribution in [3.8, 4) is 0 Å². The zero-order chi connectivity index (χ0) is 20.6. The summed E-state index contributed by atoms with van der Waals surface area (Å²) < 4.78 is 26.4. The smallest absolute Gasteiger partial charge is 0.232 e. The molecule has 1 aromatic heterocycles. The lowest BCUT2D eigenvalue weighted by atomic mass is 10.1. The van der Waals surface area contributed by atoms with Gasteiger partial charge in [-0.3, -0.25) is 9.10 Å². The lowest BCUT2D eigenvalue weighted by Crippen LogP contribution is -2.31. The van der Waals surface area contributed by atoms with E-state index >= 15 is 0 Å². The maximum absolute atomic E-state index is 12.1. The van der Waals surface area contributed by atoms with Crippen LogP contribution in [-0.2, 0) is 21.2 Å². The standard InChI is InChI=1S/C18H24N4O3S3/c1-4-13-26-18-21-20-17(27-18)19-16(23)7-6-12-22(28(3,24)25)15-10-8-14(5-2)9-11-15/h4,8-11H,1,5-7,12-13H2,2-3H3,(H,19,20,23). The maximum Gasteiger partial charge on any atom is 0.232 e. The van der Waals surface area contributed by atoms with E-state index in [0.29, 0.717) is 17.2 Å². The van der Waals surface area contributed by atoms with Gasteiger partial charge in [0.2, 0.25) is 21.1 Å². The summed E-state index contributed by atoms with van der Waals surface area (Å²) >= 11 is 2.80. The molecule has 2 aromatic rings. The molecule has 0 aliphatic carbocycles. The minimum Gasteiger partial charge on any atom is -0.301 e. The van der Waals surface area contributed by atoms with Crippen molar-refractivity contribution in [2.24, 2.45) is 0 Å². The molecule has 0 aliphatic heterocycles. The molecule has 0 radical (unpaired) electrons. The van der Waals surface area contributed by atoms with E-state index in [1.54, 1.807) is 18.2 Å². The van der Waals surface area contributed by atoms with E-state index < -0.39 is 10.0 Å². The lowest BCUT2D eigenvalue weighted by molar-refractivity contribution is -0.116. The average Bonchev–Trinajstić information content (AvgIpc) is 3.10. The van der Waals surface area contributed by atoms with Crippen molar-refractivity contribution < 1.29 is 13.2 Å². The monoisotopic (exact) mass is 440 g/mol. The molecule has 28 heavy (non-hydrogen) atoms. The van der Waals surface area contributed by atoms with Gasteiger partial charge in [0.1, 0.15) is 0 Å². The molecule has 7 nitrogen and oxygen atoms in total. The van der Waals surface area contributed by atoms with Gasteiger partial charge in [0.05, 0.1) is 11.9 Å². The number of anilines is 2. The Morgan fingerprint density at radius 2 is 2.04 bits per heavy atom. The first kappa shape index (κ1) is 22.4. The number of nitrogens with one attached hydrogen (secondary N) is 1. The molecule has 0 spiro atoms. The van der Waals surface area contributed by atoms with Crippen molar-refractivity contribution in [2.45, 2.75) is 30.5 Å². The van der Waals surface area contributed by atoms with E-state index in [2.05, 4.69) is 22.1 Å². The van der Waals surface area contributed by atoms with E-state index in [4.69, 9.17) is 0 Å². The topological polar surface area (TPSA) is 92.3 Å². The van der Waals surface area contributed by atoms with Gasteiger partial charge in [-0.1, -0.05) is 48.2 Å². The Morgan fingerprint density at radius 3 is 2.64 bits per heavy atom. The third kappa shape index (κ3) is 6.92. The first-order valence-electron chi connectivity index (χ1n) is 8.77. The number of hydrogen-bond donors (Lipinski definition) is 1. The number of benzene rings is 1. The normalized spacial score (nSPS) is 11.2. The number of nitrogens with zero attached hydrogens (tertiary/aromatic N) is 3. The van der Waals surface area contributed by atoms with E-state index in [0.717, 1.165) is 22.1 Å². The number of carbonyl (C=O) groups is 1. The molecule has 0 saturated carbocycles. The zero-order valence-electron chi connectivity index (χ0n) is 15.9. The van der Waals surface area contributed by atoms with E-state index in [1.165, 1.54) is 33.7 Å². The van der Waals surface area contributed by atoms with E-state index in [1.807, 2.05) is 19.1 Å². The van der Waals surface area contributed by atoms with Crippen LogP contribution in [0.5, 0.6) is 0 Å². The van der Waals surface area contributed by atoms with Gasteiger partial charge in [0.25, 0.3) is 0 Å². The van der Waals surface area contributed by atoms with Gasteiger partial charge in [-0.05, 0) is 30.5 Å². The molecule has 1 amide bonds. The molecule has 1 heterocycles. The molecule has 0 aliphatic rings. The summed E-state index contributed by atoms with van der Waals surface area (Å²) in [7, 11) is -3.43. The number of sulfonamides is 1. The predicted octanol–water partition coefficient (Wildman–Crippen LogP) is 3.56. The second-order valence-electron chi connectivity index (χ2n) is 5.98. The molecule has 0 bridgehead atoms. The molecule has 1 N–H and O–H groups in total. The third-order valence-electron chi connectivity index (χ3n) is 3.78. The number of hydrogen-bond acceptors (Lipinski definition) is 7. The minimum atomic E-state index is -3.43. The van der Waals surface area contributed by atoms with Crippen LogP contribution in [0.25, 0.3) is 0 Å². The summed E-state index contributed by atoms with van der Waals surface area (Å²) in [5.74, 6) is 0.509. The van der Waals surface area contributed by atoms with Crippen LogP contribution in [0.4, 0.5) is 10.8 Å². The highest BCUT2D eigenvalue weighted by Gasteiger charge is 2.18. The largest absolute Gasteiger partial charge is 0.301 e. The fourth-order valence-corrected chi connectivity index (χ4v) is 4.89. The fraction of sp³-hybridized carbons (Fsp3) is 0.389. The Morgan fingerprint density at radius 1 is 1.32 bits per heavy atom. The minimum absolute atomic E-state index is 0.188. The van der Waals surface area contributed by atoms with Crippen molar-refractivity contribution in [2.75, 3.05) is 28.2 Å². The van der Waals surface area contributed by atoms with Crippen LogP contribution >= 0.6 is 23.1 Å². The molecule has 1 aromatic carbocycles. The third-order valence-corrected chi connectivity index (χ3v) is 6.94. The Hall–Kier alpha value is -1.91. The van der Waals surface area contributed by atoms with Crippen LogP contribution in [-0.4, -0.2) is 43.1 Å². The maximum atomic E-state index is 12.1. The molecule has 0 atom stereocenters. The van der Waals surface area contributed by atoms with Gasteiger partial charge < -0.3 is 5.32 Å². The quantitative estimate of drug-likeness (QED) is 0.326. The van der Waals surface area contributed by atoms with Crippen molar-refractivity contribution in [1.82, 2.24) is 10.2 Å². The second kappa shape index (κ2) is 10.6. The number of rotatable bonds is 11. The summed E-state index contributed by atoms with van der Waals surface area (Å²) in [6.07, 6.45) is 4.41. The molecule has 10 heteroatoms. The fourth-order valence-electron chi connectivity index (χ4n) is 2.40. The van der Waals surface area contributed by atoms with Crippen LogP contribution in [0.15, 0.2) is 41.3 Å². The first-order chi connectivity index (χ1) is 13.3. The highest BCUT2D eigenvalue weighted by molar-refractivity contribution is 8.01. The van der Waals surface area contributed by atoms with Gasteiger partial charge in [-0.2, -0.15) is 0 Å². The van der Waals surface area contributed by atoms with Crippen LogP contribution in [0.3, 0.4) is 0 Å². The number of amides is 1. The molecule has 0 saturated heterocycles. The lowest BCUT2D eigenvalue weighted by Gasteiger charge is -2.22. The Balaban J connectivity index is 1.89. The first-order valence-corrected chi connectivity index (χ1v) is 12.4. The number of aryl methyl sites for hydroxylation is 1. The highest BCUT2D eigenvalue weighted by atomic mass is 32.2. The van der Waals surface area contributed by atoms with Crippen LogP contribution < -0.4 is 9.62 Å². The highest BCUT2D eigenvalue weighted by Crippen LogP contribution is 2.25. The van der Waals surface area contributed by atoms with Gasteiger partial charge >= 0.3 is 0 Å². The van der Waals surface area contributed by atoms with Crippen LogP contribution in [0, 0.1) is 0 Å². The molecular formula is C18H24N4O3S3. The Kier molecular flexibility index (Phi) is 8.46. The van der Waals surface area contributed by atoms with Crippen molar-refractivity contribution >= 4 is 49.8 Å². The number of carbonyl (C=O) groups excluding carboxylic acids is 1. The molecular weight excluding hydrogens is 416 g/mol. The van der Waals surface area contributed by atoms with Crippen LogP contribution in [0.2, 0.25) is 0 Å². The second-order valence-corrected chi connectivity index (χ2v) is 10.1. The summed E-state index contributed by atoms with van der Waals surface area (Å²) in [6.45, 7) is 5.92. The predicted molar refractivity (Wildman–Crippen MR) is 117 cm³/mol. The van der Waals surface area contributed by atoms with Gasteiger partial charge in [0, 0.05) is 18.7 Å². The summed E-state index contributed by atoms with van der Waals surface area (Å²) in [5.41, 5.74) is 1.74. The Bertz CT molecular complexity index is 895. The summed E-state index contributed by atoms with van der Waals surface area (Å²) in [5, 5.41) is 11.1. The Labute approximate surface area is 174 Å². The van der Waals surface area contributed by atoms with Gasteiger partial charge in [0.15, 0.2) is 4.34 Å². The van der Waals surface area contributed by atoms with Crippen molar-refractivity contribution in [1.29, 1.82) is 0 Å². The van der Waals surface area contributed by atoms with Crippen molar-refractivity contribution in [3.05, 3.63) is 42.5 Å². The van der Waals surface area contributed by atoms with E-state index in [9.17, 15) is 13.2 Å². The van der Waals surface area contributed by atoms with Gasteiger partial charge in [-0.15, -0.1) is 16.8 Å². The van der Waals surface area contributed by atoms with E-state index in [-0.39, 0.29) is 18.9 Å². The summed E-state index contributed by atoms with van der Waals surface area (Å²) in [6, 6.07) is 7.42. The zero-order valence-corrected chi connectivity index (χ0v) is 18.4. The molecule has 2 rings (SSSR count). The number of thioether (sulfide) groups is 1. The molecule has 0 unspecified atom stereocenters. The average molecular weight is 441 g/mol. The summed E-state index contributed by atoms with van der Waals surface area (Å²) in [4.78, 5) is 12.1. The van der Waals surface area contributed by atoms with Gasteiger partial charge in [-0.25, -0.2) is 8.42 Å². The molecule has 0 fully saturated rings. The number of aromatic nitrogens is 2. The van der Waals surface area contributed by atoms with Crippen LogP contribution in [0.1, 0.15) is 25.3 Å². The SMILES string of the molecule is C=CCSc1nnc(NC(=O)CCCN(c2ccc(CC)cc2)S(C)(=O)=O)s1.